The first-order valence-electron chi connectivity index (χ1n) is 16.4. The van der Waals surface area contributed by atoms with E-state index >= 15 is 0 Å². The van der Waals surface area contributed by atoms with Crippen molar-refractivity contribution in [3.8, 4) is 0 Å². The zero-order chi connectivity index (χ0) is 31.8. The molecule has 1 saturated carbocycles. The summed E-state index contributed by atoms with van der Waals surface area (Å²) in [6.45, 7) is 6.37. The van der Waals surface area contributed by atoms with Crippen LogP contribution in [-0.4, -0.2) is 86.1 Å². The summed E-state index contributed by atoms with van der Waals surface area (Å²) in [6.07, 6.45) is 9.06. The van der Waals surface area contributed by atoms with Gasteiger partial charge in [-0.15, -0.1) is 0 Å². The molecule has 0 bridgehead atoms. The SMILES string of the molecule is C[C@@]12Cc3[nH]nc(C(=O)Cc4cnn(C5CN(CC6CCN(c7ccc(C8CCC(=O)NC8=O)cn7)CC6)C5)c4)c3C[C@@H]1C2(F)F. The van der Waals surface area contributed by atoms with Crippen molar-refractivity contribution in [1.29, 1.82) is 0 Å². The molecule has 3 aromatic rings. The van der Waals surface area contributed by atoms with E-state index in [1.165, 1.54) is 0 Å². The fraction of sp³-hybridized carbons (Fsp3) is 0.576. The Morgan fingerprint density at radius 1 is 1.11 bits per heavy atom. The third kappa shape index (κ3) is 4.94. The number of anilines is 1. The van der Waals surface area contributed by atoms with Gasteiger partial charge in [0.2, 0.25) is 11.8 Å². The molecule has 11 nitrogen and oxygen atoms in total. The van der Waals surface area contributed by atoms with E-state index in [4.69, 9.17) is 0 Å². The Balaban J connectivity index is 0.787. The molecule has 2 amide bonds. The molecule has 1 unspecified atom stereocenters. The summed E-state index contributed by atoms with van der Waals surface area (Å²) in [5.74, 6) is -2.79. The Hall–Kier alpha value is -4.00. The third-order valence-corrected chi connectivity index (χ3v) is 11.3. The summed E-state index contributed by atoms with van der Waals surface area (Å²) in [5.41, 5.74) is 2.28. The number of nitrogens with one attached hydrogen (secondary N) is 2. The molecule has 3 saturated heterocycles. The highest BCUT2D eigenvalue weighted by Gasteiger charge is 2.78. The number of likely N-dealkylation sites (tertiary alicyclic amines) is 1. The van der Waals surface area contributed by atoms with Crippen LogP contribution in [0.25, 0.3) is 0 Å². The molecule has 46 heavy (non-hydrogen) atoms. The number of aromatic nitrogens is 5. The molecule has 6 heterocycles. The van der Waals surface area contributed by atoms with Crippen molar-refractivity contribution in [1.82, 2.24) is 35.2 Å². The van der Waals surface area contributed by atoms with Crippen molar-refractivity contribution in [3.63, 3.8) is 0 Å². The Kier molecular flexibility index (Phi) is 6.89. The highest BCUT2D eigenvalue weighted by atomic mass is 19.3. The van der Waals surface area contributed by atoms with Crippen LogP contribution >= 0.6 is 0 Å². The van der Waals surface area contributed by atoms with Gasteiger partial charge in [-0.1, -0.05) is 13.0 Å². The van der Waals surface area contributed by atoms with E-state index in [1.54, 1.807) is 19.3 Å². The standard InChI is InChI=1S/C33H38F2N8O3/c1-32-12-25-24(11-27(32)33(32,34)35)30(40-39-25)26(44)10-20-13-37-43(16-20)22-17-41(18-22)15-19-6-8-42(9-7-19)28-4-2-21(14-36-28)23-3-5-29(45)38-31(23)46/h2,4,13-14,16,19,22-23,27H,3,5-12,15,17-18H2,1H3,(H,39,40)(H,38,45,46)/t23?,27-,32+/m0/s1. The number of amides is 2. The molecule has 242 valence electrons. The van der Waals surface area contributed by atoms with Crippen LogP contribution < -0.4 is 10.2 Å². The van der Waals surface area contributed by atoms with Gasteiger partial charge in [0.15, 0.2) is 5.78 Å². The second-order valence-corrected chi connectivity index (χ2v) is 14.2. The number of piperidine rings is 2. The number of hydrogen-bond donors (Lipinski definition) is 2. The summed E-state index contributed by atoms with van der Waals surface area (Å²) in [4.78, 5) is 46.1. The third-order valence-electron chi connectivity index (χ3n) is 11.3. The number of carbonyl (C=O) groups excluding carboxylic acids is 3. The maximum Gasteiger partial charge on any atom is 0.258 e. The molecule has 3 atom stereocenters. The average molecular weight is 633 g/mol. The van der Waals surface area contributed by atoms with Crippen molar-refractivity contribution in [2.24, 2.45) is 17.3 Å². The van der Waals surface area contributed by atoms with E-state index in [2.05, 4.69) is 35.4 Å². The first-order chi connectivity index (χ1) is 22.1. The average Bonchev–Trinajstić information content (AvgIpc) is 3.43. The van der Waals surface area contributed by atoms with Crippen molar-refractivity contribution >= 4 is 23.4 Å². The highest BCUT2D eigenvalue weighted by Crippen LogP contribution is 2.70. The minimum Gasteiger partial charge on any atom is -0.357 e. The lowest BCUT2D eigenvalue weighted by Gasteiger charge is -2.42. The monoisotopic (exact) mass is 632 g/mol. The van der Waals surface area contributed by atoms with Crippen LogP contribution in [0.4, 0.5) is 14.6 Å². The summed E-state index contributed by atoms with van der Waals surface area (Å²) in [5, 5.41) is 14.0. The lowest BCUT2D eigenvalue weighted by atomic mass is 9.87. The Labute approximate surface area is 265 Å². The molecule has 0 spiro atoms. The van der Waals surface area contributed by atoms with E-state index in [-0.39, 0.29) is 48.8 Å². The first-order valence-corrected chi connectivity index (χ1v) is 16.4. The Morgan fingerprint density at radius 3 is 2.65 bits per heavy atom. The quantitative estimate of drug-likeness (QED) is 0.287. The number of H-pyrrole nitrogens is 1. The van der Waals surface area contributed by atoms with Gasteiger partial charge in [-0.05, 0) is 48.8 Å². The highest BCUT2D eigenvalue weighted by molar-refractivity contribution is 6.01. The van der Waals surface area contributed by atoms with Crippen LogP contribution in [0.15, 0.2) is 30.7 Å². The van der Waals surface area contributed by atoms with E-state index in [1.807, 2.05) is 23.0 Å². The van der Waals surface area contributed by atoms with E-state index in [9.17, 15) is 23.2 Å². The van der Waals surface area contributed by atoms with Crippen LogP contribution in [0, 0.1) is 17.3 Å². The summed E-state index contributed by atoms with van der Waals surface area (Å²) < 4.78 is 30.5. The van der Waals surface area contributed by atoms with Gasteiger partial charge >= 0.3 is 0 Å². The topological polar surface area (TPSA) is 129 Å². The number of rotatable bonds is 8. The van der Waals surface area contributed by atoms with Gasteiger partial charge in [0.25, 0.3) is 5.92 Å². The number of carbonyl (C=O) groups is 3. The summed E-state index contributed by atoms with van der Waals surface area (Å²) >= 11 is 0. The predicted molar refractivity (Wildman–Crippen MR) is 163 cm³/mol. The number of pyridine rings is 1. The van der Waals surface area contributed by atoms with Crippen molar-refractivity contribution in [2.45, 2.75) is 69.8 Å². The molecule has 4 fully saturated rings. The first kappa shape index (κ1) is 29.4. The van der Waals surface area contributed by atoms with Crippen molar-refractivity contribution in [2.75, 3.05) is 37.6 Å². The van der Waals surface area contributed by atoms with Crippen LogP contribution in [0.3, 0.4) is 0 Å². The Bertz CT molecular complexity index is 1690. The van der Waals surface area contributed by atoms with Crippen LogP contribution in [0.2, 0.25) is 0 Å². The van der Waals surface area contributed by atoms with Gasteiger partial charge in [0.05, 0.1) is 18.2 Å². The van der Waals surface area contributed by atoms with Gasteiger partial charge < -0.3 is 4.90 Å². The molecule has 2 aliphatic carbocycles. The molecule has 0 aromatic carbocycles. The maximum absolute atomic E-state index is 14.3. The summed E-state index contributed by atoms with van der Waals surface area (Å²) in [7, 11) is 0. The smallest absolute Gasteiger partial charge is 0.258 e. The number of halogens is 2. The van der Waals surface area contributed by atoms with E-state index in [0.717, 1.165) is 62.5 Å². The molecule has 3 aromatic heterocycles. The van der Waals surface area contributed by atoms with Gasteiger partial charge in [-0.3, -0.25) is 34.4 Å². The van der Waals surface area contributed by atoms with Crippen LogP contribution in [0.1, 0.15) is 77.4 Å². The lowest BCUT2D eigenvalue weighted by Crippen LogP contribution is -2.50. The largest absolute Gasteiger partial charge is 0.357 e. The fourth-order valence-corrected chi connectivity index (χ4v) is 8.15. The lowest BCUT2D eigenvalue weighted by molar-refractivity contribution is -0.134. The number of fused-ring (bicyclic) bond motifs is 2. The number of nitrogens with zero attached hydrogens (tertiary/aromatic N) is 6. The van der Waals surface area contributed by atoms with Gasteiger partial charge in [-0.2, -0.15) is 10.2 Å². The number of aromatic amines is 1. The minimum atomic E-state index is -2.69. The number of ketones is 1. The van der Waals surface area contributed by atoms with Gasteiger partial charge in [0, 0.05) is 87.0 Å². The van der Waals surface area contributed by atoms with Crippen molar-refractivity contribution < 1.29 is 23.2 Å². The second kappa shape index (κ2) is 10.8. The molecular weight excluding hydrogens is 594 g/mol. The molecule has 5 aliphatic rings. The van der Waals surface area contributed by atoms with Crippen LogP contribution in [0.5, 0.6) is 0 Å². The molecule has 3 aliphatic heterocycles. The minimum absolute atomic E-state index is 0.152. The fourth-order valence-electron chi connectivity index (χ4n) is 8.15. The molecule has 0 radical (unpaired) electrons. The maximum atomic E-state index is 14.3. The van der Waals surface area contributed by atoms with Gasteiger partial charge in [0.1, 0.15) is 11.5 Å². The van der Waals surface area contributed by atoms with Crippen molar-refractivity contribution in [3.05, 3.63) is 58.8 Å². The number of hydrogen-bond acceptors (Lipinski definition) is 8. The number of imide groups is 1. The summed E-state index contributed by atoms with van der Waals surface area (Å²) in [6, 6.07) is 4.21. The second-order valence-electron chi connectivity index (χ2n) is 14.2. The normalized spacial score (nSPS) is 27.9. The van der Waals surface area contributed by atoms with Crippen LogP contribution in [-0.2, 0) is 28.9 Å². The number of alkyl halides is 2. The Morgan fingerprint density at radius 2 is 1.91 bits per heavy atom. The predicted octanol–water partition coefficient (Wildman–Crippen LogP) is 3.09. The van der Waals surface area contributed by atoms with E-state index < -0.39 is 17.3 Å². The molecule has 13 heteroatoms. The number of Topliss-reactive ketones (excluding diaryl/α,β-unsaturated/α-hetero) is 1. The zero-order valence-corrected chi connectivity index (χ0v) is 25.8. The molecule has 2 N–H and O–H groups in total. The van der Waals surface area contributed by atoms with Gasteiger partial charge in [-0.25, -0.2) is 13.8 Å². The van der Waals surface area contributed by atoms with E-state index in [0.29, 0.717) is 35.7 Å². The molecular formula is C33H38F2N8O3. The molecule has 8 rings (SSSR count). The zero-order valence-electron chi connectivity index (χ0n) is 25.8.